The lowest BCUT2D eigenvalue weighted by atomic mass is 10.1. The van der Waals surface area contributed by atoms with Crippen molar-refractivity contribution < 1.29 is 19.5 Å². The first-order valence-electron chi connectivity index (χ1n) is 7.51. The van der Waals surface area contributed by atoms with Crippen LogP contribution in [-0.2, 0) is 0 Å². The van der Waals surface area contributed by atoms with Gasteiger partial charge in [0.15, 0.2) is 0 Å². The Balaban J connectivity index is 2.35. The number of aromatic hydroxyl groups is 1. The fraction of sp³-hybridized carbons (Fsp3) is 0.250. The van der Waals surface area contributed by atoms with Crippen molar-refractivity contribution in [1.29, 1.82) is 0 Å². The highest BCUT2D eigenvalue weighted by Gasteiger charge is 2.21. The van der Waals surface area contributed by atoms with Gasteiger partial charge in [-0.2, -0.15) is 4.98 Å². The number of hydrogen-bond acceptors (Lipinski definition) is 7. The van der Waals surface area contributed by atoms with E-state index in [1.54, 1.807) is 24.3 Å². The lowest BCUT2D eigenvalue weighted by molar-refractivity contribution is -0.387. The number of benzene rings is 1. The predicted molar refractivity (Wildman–Crippen MR) is 90.9 cm³/mol. The van der Waals surface area contributed by atoms with Crippen LogP contribution in [-0.4, -0.2) is 33.2 Å². The van der Waals surface area contributed by atoms with Gasteiger partial charge in [-0.3, -0.25) is 14.9 Å². The molecule has 9 nitrogen and oxygen atoms in total. The molecule has 0 saturated carbocycles. The number of hydrogen-bond donors (Lipinski definition) is 2. The van der Waals surface area contributed by atoms with Gasteiger partial charge in [0.2, 0.25) is 0 Å². The Bertz CT molecular complexity index is 859. The molecule has 0 aliphatic heterocycles. The maximum atomic E-state index is 11.6. The molecule has 2 rings (SSSR count). The molecule has 1 heterocycles. The SMILES string of the molecule is CCOc1ccc(C=Cc2nc(O)c([N+](=O)[O-])c(=O)[nH]2)c(OCC)c1. The van der Waals surface area contributed by atoms with Crippen LogP contribution in [0.4, 0.5) is 5.69 Å². The summed E-state index contributed by atoms with van der Waals surface area (Å²) in [6, 6.07) is 5.25. The van der Waals surface area contributed by atoms with E-state index < -0.39 is 22.0 Å². The van der Waals surface area contributed by atoms with Crippen LogP contribution in [0.2, 0.25) is 0 Å². The van der Waals surface area contributed by atoms with Crippen molar-refractivity contribution in [2.45, 2.75) is 13.8 Å². The van der Waals surface area contributed by atoms with E-state index in [9.17, 15) is 20.0 Å². The summed E-state index contributed by atoms with van der Waals surface area (Å²) in [4.78, 5) is 27.1. The van der Waals surface area contributed by atoms with Crippen molar-refractivity contribution in [3.05, 3.63) is 50.1 Å². The molecule has 1 aromatic carbocycles. The van der Waals surface area contributed by atoms with E-state index in [1.165, 1.54) is 6.08 Å². The Kier molecular flexibility index (Phi) is 5.72. The molecule has 0 bridgehead atoms. The molecule has 0 atom stereocenters. The zero-order valence-corrected chi connectivity index (χ0v) is 13.7. The number of aromatic nitrogens is 2. The average molecular weight is 347 g/mol. The van der Waals surface area contributed by atoms with Crippen LogP contribution in [0, 0.1) is 10.1 Å². The quantitative estimate of drug-likeness (QED) is 0.581. The summed E-state index contributed by atoms with van der Waals surface area (Å²) in [7, 11) is 0. The Labute approximate surface area is 142 Å². The Morgan fingerprint density at radius 3 is 2.60 bits per heavy atom. The molecule has 0 aliphatic rings. The Morgan fingerprint density at radius 2 is 2.00 bits per heavy atom. The van der Waals surface area contributed by atoms with E-state index in [0.717, 1.165) is 0 Å². The minimum absolute atomic E-state index is 0.0237. The summed E-state index contributed by atoms with van der Waals surface area (Å²) in [6.45, 7) is 4.68. The number of H-pyrrole nitrogens is 1. The van der Waals surface area contributed by atoms with Crippen molar-refractivity contribution in [3.63, 3.8) is 0 Å². The highest BCUT2D eigenvalue weighted by Crippen LogP contribution is 2.27. The van der Waals surface area contributed by atoms with Crippen LogP contribution in [0.25, 0.3) is 12.2 Å². The van der Waals surface area contributed by atoms with Gasteiger partial charge in [0.05, 0.1) is 18.1 Å². The molecule has 1 aromatic heterocycles. The van der Waals surface area contributed by atoms with E-state index in [2.05, 4.69) is 9.97 Å². The molecular formula is C16H17N3O6. The minimum atomic E-state index is -1.03. The van der Waals surface area contributed by atoms with Crippen LogP contribution in [0.3, 0.4) is 0 Å². The zero-order valence-electron chi connectivity index (χ0n) is 13.7. The molecule has 0 fully saturated rings. The summed E-state index contributed by atoms with van der Waals surface area (Å²) >= 11 is 0. The summed E-state index contributed by atoms with van der Waals surface area (Å²) < 4.78 is 11.0. The lowest BCUT2D eigenvalue weighted by Gasteiger charge is -2.10. The highest BCUT2D eigenvalue weighted by molar-refractivity contribution is 5.71. The second-order valence-corrected chi connectivity index (χ2v) is 4.78. The molecular weight excluding hydrogens is 330 g/mol. The Hall–Kier alpha value is -3.36. The topological polar surface area (TPSA) is 128 Å². The fourth-order valence-electron chi connectivity index (χ4n) is 2.07. The smallest absolute Gasteiger partial charge is 0.395 e. The van der Waals surface area contributed by atoms with E-state index in [4.69, 9.17) is 9.47 Å². The third kappa shape index (κ3) is 4.34. The standard InChI is InChI=1S/C16H17N3O6/c1-3-24-11-7-5-10(12(9-11)25-4-2)6-8-13-17-15(20)14(19(22)23)16(21)18-13/h5-9H,3-4H2,1-2H3,(H2,17,18,20,21). The number of ether oxygens (including phenoxy) is 2. The summed E-state index contributed by atoms with van der Waals surface area (Å²) in [5.41, 5.74) is -1.34. The predicted octanol–water partition coefficient (Wildman–Crippen LogP) is 2.35. The third-order valence-electron chi connectivity index (χ3n) is 3.09. The van der Waals surface area contributed by atoms with Gasteiger partial charge in [-0.1, -0.05) is 0 Å². The van der Waals surface area contributed by atoms with Gasteiger partial charge in [-0.15, -0.1) is 0 Å². The number of aromatic amines is 1. The van der Waals surface area contributed by atoms with E-state index in [1.807, 2.05) is 13.8 Å². The largest absolute Gasteiger partial charge is 0.494 e. The van der Waals surface area contributed by atoms with E-state index in [0.29, 0.717) is 30.3 Å². The van der Waals surface area contributed by atoms with Gasteiger partial charge < -0.3 is 19.6 Å². The van der Waals surface area contributed by atoms with Gasteiger partial charge in [-0.05, 0) is 38.1 Å². The van der Waals surface area contributed by atoms with Crippen molar-refractivity contribution in [2.75, 3.05) is 13.2 Å². The average Bonchev–Trinajstić information content (AvgIpc) is 2.53. The molecule has 2 N–H and O–H groups in total. The highest BCUT2D eigenvalue weighted by atomic mass is 16.6. The molecule has 25 heavy (non-hydrogen) atoms. The fourth-order valence-corrected chi connectivity index (χ4v) is 2.07. The summed E-state index contributed by atoms with van der Waals surface area (Å²) in [5, 5.41) is 20.2. The van der Waals surface area contributed by atoms with Crippen molar-refractivity contribution in [1.82, 2.24) is 9.97 Å². The minimum Gasteiger partial charge on any atom is -0.494 e. The van der Waals surface area contributed by atoms with Gasteiger partial charge in [0.1, 0.15) is 17.3 Å². The van der Waals surface area contributed by atoms with Crippen LogP contribution < -0.4 is 15.0 Å². The van der Waals surface area contributed by atoms with Crippen LogP contribution in [0.5, 0.6) is 17.4 Å². The second-order valence-electron chi connectivity index (χ2n) is 4.78. The first kappa shape index (κ1) is 18.0. The molecule has 9 heteroatoms. The molecule has 132 valence electrons. The van der Waals surface area contributed by atoms with Gasteiger partial charge >= 0.3 is 11.2 Å². The first-order valence-corrected chi connectivity index (χ1v) is 7.51. The molecule has 0 aliphatic carbocycles. The van der Waals surface area contributed by atoms with Crippen LogP contribution >= 0.6 is 0 Å². The lowest BCUT2D eigenvalue weighted by Crippen LogP contribution is -2.14. The monoisotopic (exact) mass is 347 g/mol. The third-order valence-corrected chi connectivity index (χ3v) is 3.09. The molecule has 0 saturated heterocycles. The van der Waals surface area contributed by atoms with Crippen molar-refractivity contribution in [2.24, 2.45) is 0 Å². The summed E-state index contributed by atoms with van der Waals surface area (Å²) in [6.07, 6.45) is 3.01. The van der Waals surface area contributed by atoms with Gasteiger partial charge in [0.25, 0.3) is 5.88 Å². The number of rotatable bonds is 7. The molecule has 0 amide bonds. The molecule has 0 unspecified atom stereocenters. The molecule has 0 radical (unpaired) electrons. The zero-order chi connectivity index (χ0) is 18.4. The normalized spacial score (nSPS) is 10.8. The van der Waals surface area contributed by atoms with Crippen molar-refractivity contribution >= 4 is 17.8 Å². The van der Waals surface area contributed by atoms with Crippen LogP contribution in [0.1, 0.15) is 25.2 Å². The summed E-state index contributed by atoms with van der Waals surface area (Å²) in [5.74, 6) is 0.260. The van der Waals surface area contributed by atoms with E-state index in [-0.39, 0.29) is 5.82 Å². The number of nitrogens with one attached hydrogen (secondary N) is 1. The van der Waals surface area contributed by atoms with E-state index >= 15 is 0 Å². The first-order chi connectivity index (χ1) is 12.0. The Morgan fingerprint density at radius 1 is 1.28 bits per heavy atom. The van der Waals surface area contributed by atoms with Gasteiger partial charge in [0, 0.05) is 11.6 Å². The van der Waals surface area contributed by atoms with Crippen LogP contribution in [0.15, 0.2) is 23.0 Å². The molecule has 2 aromatic rings. The number of nitro groups is 1. The molecule has 0 spiro atoms. The second kappa shape index (κ2) is 7.95. The van der Waals surface area contributed by atoms with Gasteiger partial charge in [-0.25, -0.2) is 0 Å². The maximum absolute atomic E-state index is 11.6. The maximum Gasteiger partial charge on any atom is 0.395 e. The number of nitrogens with zero attached hydrogens (tertiary/aromatic N) is 2. The van der Waals surface area contributed by atoms with Crippen molar-refractivity contribution in [3.8, 4) is 17.4 Å².